The fourth-order valence-corrected chi connectivity index (χ4v) is 7.54. The number of carbonyl (C=O) groups is 2. The zero-order chi connectivity index (χ0) is 43.8. The fourth-order valence-electron chi connectivity index (χ4n) is 7.54. The molecule has 3 atom stereocenters. The van der Waals surface area contributed by atoms with Crippen LogP contribution in [0.3, 0.4) is 0 Å². The molecule has 0 radical (unpaired) electrons. The van der Waals surface area contributed by atoms with Crippen LogP contribution in [0.4, 0.5) is 0 Å². The molecule has 0 aromatic carbocycles. The van der Waals surface area contributed by atoms with Gasteiger partial charge >= 0.3 is 5.97 Å². The average Bonchev–Trinajstić information content (AvgIpc) is 3.24. The second-order valence-electron chi connectivity index (χ2n) is 17.2. The molecule has 6 heteroatoms. The zero-order valence-electron chi connectivity index (χ0n) is 39.6. The normalized spacial score (nSPS) is 13.8. The van der Waals surface area contributed by atoms with Crippen molar-refractivity contribution in [3.8, 4) is 0 Å². The molecule has 3 unspecified atom stereocenters. The van der Waals surface area contributed by atoms with Crippen LogP contribution in [0.25, 0.3) is 0 Å². The minimum atomic E-state index is -0.799. The van der Waals surface area contributed by atoms with Gasteiger partial charge in [0.15, 0.2) is 0 Å². The van der Waals surface area contributed by atoms with Crippen molar-refractivity contribution in [1.29, 1.82) is 0 Å². The molecular formula is C54H97NO5. The van der Waals surface area contributed by atoms with E-state index in [0.717, 1.165) is 70.6 Å². The molecular weight excluding hydrogens is 743 g/mol. The summed E-state index contributed by atoms with van der Waals surface area (Å²) >= 11 is 0. The number of carbonyl (C=O) groups excluding carboxylic acids is 2. The average molecular weight is 840 g/mol. The first-order valence-electron chi connectivity index (χ1n) is 25.5. The Hall–Kier alpha value is -2.44. The van der Waals surface area contributed by atoms with Gasteiger partial charge in [-0.3, -0.25) is 9.59 Å². The topological polar surface area (TPSA) is 95.9 Å². The van der Waals surface area contributed by atoms with E-state index < -0.39 is 18.2 Å². The van der Waals surface area contributed by atoms with Crippen molar-refractivity contribution < 1.29 is 24.5 Å². The minimum Gasteiger partial charge on any atom is -0.462 e. The van der Waals surface area contributed by atoms with E-state index in [1.165, 1.54) is 122 Å². The van der Waals surface area contributed by atoms with Crippen molar-refractivity contribution in [2.75, 3.05) is 6.61 Å². The fraction of sp³-hybridized carbons (Fsp3) is 0.778. The number of allylic oxidation sites excluding steroid dienone is 10. The number of hydrogen-bond acceptors (Lipinski definition) is 5. The molecule has 3 N–H and O–H groups in total. The lowest BCUT2D eigenvalue weighted by Crippen LogP contribution is -2.46. The summed E-state index contributed by atoms with van der Waals surface area (Å²) in [6.07, 6.45) is 58.7. The summed E-state index contributed by atoms with van der Waals surface area (Å²) in [4.78, 5) is 26.0. The lowest BCUT2D eigenvalue weighted by molar-refractivity contribution is -0.150. The van der Waals surface area contributed by atoms with Crippen molar-refractivity contribution in [1.82, 2.24) is 5.32 Å². The van der Waals surface area contributed by atoms with E-state index in [4.69, 9.17) is 4.74 Å². The Balaban J connectivity index is 4.54. The first-order chi connectivity index (χ1) is 29.5. The van der Waals surface area contributed by atoms with Crippen LogP contribution < -0.4 is 5.32 Å². The van der Waals surface area contributed by atoms with Gasteiger partial charge in [-0.15, -0.1) is 0 Å². The monoisotopic (exact) mass is 840 g/mol. The third kappa shape index (κ3) is 42.3. The molecule has 0 saturated heterocycles. The van der Waals surface area contributed by atoms with Gasteiger partial charge in [0.05, 0.1) is 25.2 Å². The van der Waals surface area contributed by atoms with Gasteiger partial charge in [0, 0.05) is 6.42 Å². The van der Waals surface area contributed by atoms with Gasteiger partial charge < -0.3 is 20.3 Å². The first kappa shape index (κ1) is 57.6. The zero-order valence-corrected chi connectivity index (χ0v) is 39.6. The number of amides is 1. The predicted octanol–water partition coefficient (Wildman–Crippen LogP) is 15.2. The molecule has 1 amide bonds. The summed E-state index contributed by atoms with van der Waals surface area (Å²) in [5, 5.41) is 23.7. The third-order valence-corrected chi connectivity index (χ3v) is 11.4. The molecule has 0 aromatic rings. The third-order valence-electron chi connectivity index (χ3n) is 11.4. The van der Waals surface area contributed by atoms with Gasteiger partial charge in [-0.2, -0.15) is 0 Å². The standard InChI is InChI=1S/C54H97NO5/c1-4-7-10-13-16-19-21-23-25-27-29-31-34-37-40-43-46-52(57)51(49-56)55-53(58)48-50(45-42-39-36-33-18-15-12-9-6-3)60-54(59)47-44-41-38-35-32-30-28-26-24-22-20-17-14-11-8-5-2/h8,11,17,20,24,26,30,32,38,41,50-52,56-57H,4-7,9-10,12-16,18-19,21-23,25,27-29,31,33-37,39-40,42-49H2,1-3H3,(H,55,58)/b11-8+,20-17+,26-24+,32-30+,41-38+. The van der Waals surface area contributed by atoms with Crippen LogP contribution in [0.15, 0.2) is 60.8 Å². The van der Waals surface area contributed by atoms with Crippen LogP contribution in [-0.2, 0) is 14.3 Å². The maximum absolute atomic E-state index is 13.2. The number of aliphatic hydroxyl groups is 2. The summed E-state index contributed by atoms with van der Waals surface area (Å²) in [6, 6.07) is -0.715. The molecule has 0 saturated carbocycles. The molecule has 0 heterocycles. The smallest absolute Gasteiger partial charge is 0.306 e. The highest BCUT2D eigenvalue weighted by molar-refractivity contribution is 5.77. The molecule has 0 bridgehead atoms. The van der Waals surface area contributed by atoms with Crippen molar-refractivity contribution in [2.24, 2.45) is 0 Å². The van der Waals surface area contributed by atoms with E-state index >= 15 is 0 Å². The highest BCUT2D eigenvalue weighted by Crippen LogP contribution is 2.18. The second-order valence-corrected chi connectivity index (χ2v) is 17.2. The molecule has 0 aliphatic rings. The molecule has 348 valence electrons. The summed E-state index contributed by atoms with van der Waals surface area (Å²) in [7, 11) is 0. The van der Waals surface area contributed by atoms with Gasteiger partial charge in [-0.05, 0) is 57.8 Å². The van der Waals surface area contributed by atoms with Gasteiger partial charge in [0.2, 0.25) is 5.91 Å². The molecule has 0 fully saturated rings. The van der Waals surface area contributed by atoms with Crippen LogP contribution in [-0.4, -0.2) is 46.9 Å². The Morgan fingerprint density at radius 1 is 0.500 bits per heavy atom. The molecule has 0 aromatic heterocycles. The Labute approximate surface area is 371 Å². The van der Waals surface area contributed by atoms with Crippen molar-refractivity contribution in [3.63, 3.8) is 0 Å². The number of ether oxygens (including phenoxy) is 1. The lowest BCUT2D eigenvalue weighted by Gasteiger charge is -2.24. The molecule has 0 spiro atoms. The van der Waals surface area contributed by atoms with Gasteiger partial charge in [-0.25, -0.2) is 0 Å². The summed E-state index contributed by atoms with van der Waals surface area (Å²) in [6.45, 7) is 6.34. The number of aliphatic hydroxyl groups excluding tert-OH is 2. The van der Waals surface area contributed by atoms with E-state index in [1.807, 2.05) is 6.08 Å². The highest BCUT2D eigenvalue weighted by atomic mass is 16.5. The van der Waals surface area contributed by atoms with Crippen LogP contribution in [0.5, 0.6) is 0 Å². The quantitative estimate of drug-likeness (QED) is 0.0322. The maximum atomic E-state index is 13.2. The van der Waals surface area contributed by atoms with E-state index in [0.29, 0.717) is 19.3 Å². The lowest BCUT2D eigenvalue weighted by atomic mass is 10.0. The summed E-state index contributed by atoms with van der Waals surface area (Å²) in [5.74, 6) is -0.571. The number of unbranched alkanes of at least 4 members (excludes halogenated alkanes) is 23. The maximum Gasteiger partial charge on any atom is 0.306 e. The Morgan fingerprint density at radius 2 is 0.867 bits per heavy atom. The van der Waals surface area contributed by atoms with Crippen LogP contribution in [0, 0.1) is 0 Å². The van der Waals surface area contributed by atoms with E-state index in [9.17, 15) is 19.8 Å². The SMILES string of the molecule is CC/C=C/C/C=C/C/C=C/C/C=C/C/C=C/CCC(=O)OC(CCCCCCCCCCC)CC(=O)NC(CO)C(O)CCCCCCCCCCCCCCCCCC. The van der Waals surface area contributed by atoms with Crippen LogP contribution in [0.2, 0.25) is 0 Å². The van der Waals surface area contributed by atoms with Crippen molar-refractivity contribution >= 4 is 11.9 Å². The minimum absolute atomic E-state index is 0.0483. The summed E-state index contributed by atoms with van der Waals surface area (Å²) in [5.41, 5.74) is 0. The summed E-state index contributed by atoms with van der Waals surface area (Å²) < 4.78 is 5.87. The van der Waals surface area contributed by atoms with Crippen LogP contribution >= 0.6 is 0 Å². The largest absolute Gasteiger partial charge is 0.462 e. The second kappa shape index (κ2) is 47.6. The Kier molecular flexibility index (Phi) is 45.7. The van der Waals surface area contributed by atoms with Crippen LogP contribution in [0.1, 0.15) is 245 Å². The Bertz CT molecular complexity index is 1080. The number of nitrogens with one attached hydrogen (secondary N) is 1. The van der Waals surface area contributed by atoms with Gasteiger partial charge in [-0.1, -0.05) is 236 Å². The van der Waals surface area contributed by atoms with Gasteiger partial charge in [0.25, 0.3) is 0 Å². The first-order valence-corrected chi connectivity index (χ1v) is 25.5. The van der Waals surface area contributed by atoms with E-state index in [2.05, 4.69) is 80.8 Å². The molecule has 0 aliphatic carbocycles. The number of esters is 1. The van der Waals surface area contributed by atoms with Crippen molar-refractivity contribution in [2.45, 2.75) is 264 Å². The molecule has 0 aliphatic heterocycles. The van der Waals surface area contributed by atoms with E-state index in [1.54, 1.807) is 0 Å². The number of rotatable bonds is 45. The molecule has 6 nitrogen and oxygen atoms in total. The van der Waals surface area contributed by atoms with E-state index in [-0.39, 0.29) is 31.3 Å². The molecule has 60 heavy (non-hydrogen) atoms. The Morgan fingerprint density at radius 3 is 1.27 bits per heavy atom. The van der Waals surface area contributed by atoms with Gasteiger partial charge in [0.1, 0.15) is 6.10 Å². The highest BCUT2D eigenvalue weighted by Gasteiger charge is 2.24. The predicted molar refractivity (Wildman–Crippen MR) is 259 cm³/mol. The molecule has 0 rings (SSSR count). The van der Waals surface area contributed by atoms with Crippen molar-refractivity contribution in [3.05, 3.63) is 60.8 Å². The number of hydrogen-bond donors (Lipinski definition) is 3.